The van der Waals surface area contributed by atoms with Gasteiger partial charge in [-0.15, -0.1) is 0 Å². The van der Waals surface area contributed by atoms with Crippen LogP contribution in [0.5, 0.6) is 5.75 Å². The zero-order valence-electron chi connectivity index (χ0n) is 25.0. The molecule has 228 valence electrons. The first-order valence-corrected chi connectivity index (χ1v) is 15.1. The largest absolute Gasteiger partial charge is 0.494 e. The monoisotopic (exact) mass is 589 g/mol. The number of amides is 4. The molecule has 0 spiro atoms. The number of carbonyl (C=O) groups excluding carboxylic acids is 5. The summed E-state index contributed by atoms with van der Waals surface area (Å²) in [5.74, 6) is -1.37. The molecule has 4 amide bonds. The fourth-order valence-electron chi connectivity index (χ4n) is 5.97. The predicted molar refractivity (Wildman–Crippen MR) is 159 cm³/mol. The Labute approximate surface area is 251 Å². The van der Waals surface area contributed by atoms with Gasteiger partial charge >= 0.3 is 5.97 Å². The molecule has 3 aliphatic rings. The fourth-order valence-corrected chi connectivity index (χ4v) is 5.97. The van der Waals surface area contributed by atoms with Crippen LogP contribution in [0.2, 0.25) is 0 Å². The number of fused-ring (bicyclic) bond motifs is 1. The number of anilines is 1. The molecule has 1 unspecified atom stereocenters. The van der Waals surface area contributed by atoms with Crippen molar-refractivity contribution >= 4 is 35.3 Å². The molecule has 0 radical (unpaired) electrons. The Bertz CT molecular complexity index is 1400. The summed E-state index contributed by atoms with van der Waals surface area (Å²) in [6.45, 7) is 7.95. The van der Waals surface area contributed by atoms with Gasteiger partial charge in [-0.05, 0) is 108 Å². The highest BCUT2D eigenvalue weighted by Crippen LogP contribution is 2.31. The molecular formula is C33H39N3O7. The lowest BCUT2D eigenvalue weighted by molar-refractivity contribution is -0.136. The van der Waals surface area contributed by atoms with Crippen molar-refractivity contribution in [2.24, 2.45) is 5.92 Å². The van der Waals surface area contributed by atoms with Crippen LogP contribution in [0.15, 0.2) is 42.5 Å². The van der Waals surface area contributed by atoms with E-state index in [0.29, 0.717) is 23.8 Å². The number of nitrogens with one attached hydrogen (secondary N) is 1. The molecule has 10 nitrogen and oxygen atoms in total. The third-order valence-corrected chi connectivity index (χ3v) is 8.15. The number of imide groups is 2. The Morgan fingerprint density at radius 1 is 0.907 bits per heavy atom. The van der Waals surface area contributed by atoms with E-state index in [1.165, 1.54) is 0 Å². The number of ether oxygens (including phenoxy) is 2. The lowest BCUT2D eigenvalue weighted by Crippen LogP contribution is -2.54. The van der Waals surface area contributed by atoms with E-state index < -0.39 is 35.3 Å². The molecule has 5 rings (SSSR count). The molecule has 3 heterocycles. The number of carbonyl (C=O) groups is 5. The van der Waals surface area contributed by atoms with Gasteiger partial charge in [0.1, 0.15) is 17.4 Å². The van der Waals surface area contributed by atoms with E-state index in [2.05, 4.69) is 10.2 Å². The summed E-state index contributed by atoms with van der Waals surface area (Å²) in [6.07, 6.45) is 5.34. The van der Waals surface area contributed by atoms with E-state index in [-0.39, 0.29) is 29.9 Å². The summed E-state index contributed by atoms with van der Waals surface area (Å²) >= 11 is 0. The zero-order valence-corrected chi connectivity index (χ0v) is 25.0. The van der Waals surface area contributed by atoms with E-state index in [4.69, 9.17) is 9.47 Å². The highest BCUT2D eigenvalue weighted by molar-refractivity contribution is 6.23. The van der Waals surface area contributed by atoms with Crippen molar-refractivity contribution in [3.63, 3.8) is 0 Å². The first-order chi connectivity index (χ1) is 20.5. The quantitative estimate of drug-likeness (QED) is 0.370. The molecule has 10 heteroatoms. The molecule has 2 aromatic rings. The smallest absolute Gasteiger partial charge is 0.338 e. The topological polar surface area (TPSA) is 122 Å². The molecule has 43 heavy (non-hydrogen) atoms. The van der Waals surface area contributed by atoms with Crippen LogP contribution in [0.3, 0.4) is 0 Å². The first-order valence-electron chi connectivity index (χ1n) is 15.1. The van der Waals surface area contributed by atoms with Crippen molar-refractivity contribution in [3.8, 4) is 5.75 Å². The Kier molecular flexibility index (Phi) is 8.84. The van der Waals surface area contributed by atoms with E-state index in [0.717, 1.165) is 55.8 Å². The third kappa shape index (κ3) is 7.06. The lowest BCUT2D eigenvalue weighted by Gasteiger charge is -2.30. The molecule has 2 aromatic carbocycles. The number of piperidine rings is 1. The van der Waals surface area contributed by atoms with Crippen LogP contribution in [0.4, 0.5) is 5.69 Å². The van der Waals surface area contributed by atoms with Crippen molar-refractivity contribution in [2.45, 2.75) is 77.4 Å². The number of esters is 1. The predicted octanol–water partition coefficient (Wildman–Crippen LogP) is 4.51. The minimum atomic E-state index is -0.985. The van der Waals surface area contributed by atoms with Crippen LogP contribution >= 0.6 is 0 Å². The lowest BCUT2D eigenvalue weighted by atomic mass is 9.92. The Morgan fingerprint density at radius 3 is 2.23 bits per heavy atom. The minimum Gasteiger partial charge on any atom is -0.494 e. The molecule has 0 aliphatic carbocycles. The van der Waals surface area contributed by atoms with Crippen LogP contribution in [-0.4, -0.2) is 65.8 Å². The second-order valence-electron chi connectivity index (χ2n) is 12.5. The Morgan fingerprint density at radius 2 is 1.58 bits per heavy atom. The molecule has 1 atom stereocenters. The maximum atomic E-state index is 13.1. The zero-order chi connectivity index (χ0) is 30.7. The second-order valence-corrected chi connectivity index (χ2v) is 12.5. The molecule has 2 saturated heterocycles. The normalized spacial score (nSPS) is 19.9. The SMILES string of the molecule is CC(C)(C)OC(=O)c1ccc(N2CCCC(CCOc3ccc4c(c3)C(=O)N(C3CCC(=O)NC3=O)C4=O)CCC2)cc1. The van der Waals surface area contributed by atoms with Gasteiger partial charge in [0.15, 0.2) is 0 Å². The summed E-state index contributed by atoms with van der Waals surface area (Å²) < 4.78 is 11.5. The third-order valence-electron chi connectivity index (χ3n) is 8.15. The van der Waals surface area contributed by atoms with Crippen LogP contribution in [0.1, 0.15) is 96.8 Å². The number of hydrogen-bond acceptors (Lipinski definition) is 8. The maximum Gasteiger partial charge on any atom is 0.338 e. The van der Waals surface area contributed by atoms with Gasteiger partial charge in [-0.3, -0.25) is 29.4 Å². The Balaban J connectivity index is 1.09. The Hall–Kier alpha value is -4.21. The van der Waals surface area contributed by atoms with Crippen LogP contribution in [0.25, 0.3) is 0 Å². The van der Waals surface area contributed by atoms with Crippen LogP contribution < -0.4 is 15.0 Å². The van der Waals surface area contributed by atoms with Crippen molar-refractivity contribution in [1.82, 2.24) is 10.2 Å². The van der Waals surface area contributed by atoms with Crippen LogP contribution in [0, 0.1) is 5.92 Å². The molecular weight excluding hydrogens is 550 g/mol. The summed E-state index contributed by atoms with van der Waals surface area (Å²) in [6, 6.07) is 11.5. The van der Waals surface area contributed by atoms with Crippen molar-refractivity contribution in [2.75, 3.05) is 24.6 Å². The summed E-state index contributed by atoms with van der Waals surface area (Å²) in [7, 11) is 0. The van der Waals surface area contributed by atoms with Gasteiger partial charge < -0.3 is 14.4 Å². The molecule has 2 fully saturated rings. The average Bonchev–Trinajstić information content (AvgIpc) is 3.18. The van der Waals surface area contributed by atoms with E-state index in [1.54, 1.807) is 18.2 Å². The number of rotatable bonds is 7. The van der Waals surface area contributed by atoms with Gasteiger partial charge in [-0.1, -0.05) is 0 Å². The van der Waals surface area contributed by atoms with Gasteiger partial charge in [-0.25, -0.2) is 4.79 Å². The second kappa shape index (κ2) is 12.6. The number of benzene rings is 2. The molecule has 0 bridgehead atoms. The van der Waals surface area contributed by atoms with Crippen LogP contribution in [-0.2, 0) is 14.3 Å². The van der Waals surface area contributed by atoms with Gasteiger partial charge in [0, 0.05) is 25.2 Å². The van der Waals surface area contributed by atoms with Gasteiger partial charge in [0.25, 0.3) is 11.8 Å². The molecule has 0 saturated carbocycles. The van der Waals surface area contributed by atoms with E-state index >= 15 is 0 Å². The van der Waals surface area contributed by atoms with E-state index in [9.17, 15) is 24.0 Å². The standard InChI is InChI=1S/C33H39N3O7/c1-33(2,3)43-32(41)22-8-10-23(11-9-22)35-17-4-6-21(7-5-18-35)16-19-42-24-12-13-25-26(20-24)31(40)36(30(25)39)27-14-15-28(37)34-29(27)38/h8-13,20-21,27H,4-7,14-19H2,1-3H3,(H,34,37,38). The highest BCUT2D eigenvalue weighted by Gasteiger charge is 2.44. The molecule has 1 N–H and O–H groups in total. The highest BCUT2D eigenvalue weighted by atomic mass is 16.6. The van der Waals surface area contributed by atoms with Crippen molar-refractivity contribution in [1.29, 1.82) is 0 Å². The minimum absolute atomic E-state index is 0.0836. The molecule has 0 aromatic heterocycles. The summed E-state index contributed by atoms with van der Waals surface area (Å²) in [5, 5.41) is 2.21. The van der Waals surface area contributed by atoms with Gasteiger partial charge in [0.05, 0.1) is 23.3 Å². The first kappa shape index (κ1) is 30.3. The van der Waals surface area contributed by atoms with E-state index in [1.807, 2.05) is 45.0 Å². The maximum absolute atomic E-state index is 13.1. The summed E-state index contributed by atoms with van der Waals surface area (Å²) in [5.41, 5.74) is 1.60. The number of hydrogen-bond donors (Lipinski definition) is 1. The van der Waals surface area contributed by atoms with Crippen molar-refractivity contribution < 1.29 is 33.4 Å². The number of nitrogens with zero attached hydrogens (tertiary/aromatic N) is 2. The fraction of sp³-hybridized carbons (Fsp3) is 0.485. The average molecular weight is 590 g/mol. The van der Waals surface area contributed by atoms with Gasteiger partial charge in [0.2, 0.25) is 11.8 Å². The molecule has 3 aliphatic heterocycles. The van der Waals surface area contributed by atoms with Crippen molar-refractivity contribution in [3.05, 3.63) is 59.2 Å². The van der Waals surface area contributed by atoms with Gasteiger partial charge in [-0.2, -0.15) is 0 Å². The summed E-state index contributed by atoms with van der Waals surface area (Å²) in [4.78, 5) is 65.4.